The zero-order chi connectivity index (χ0) is 22.2. The van der Waals surface area contributed by atoms with Gasteiger partial charge in [-0.1, -0.05) is 49.4 Å². The van der Waals surface area contributed by atoms with Crippen LogP contribution in [0.5, 0.6) is 0 Å². The summed E-state index contributed by atoms with van der Waals surface area (Å²) in [6, 6.07) is 10.2. The van der Waals surface area contributed by atoms with Crippen LogP contribution in [-0.2, 0) is 23.1 Å². The van der Waals surface area contributed by atoms with Crippen LogP contribution in [0, 0.1) is 11.8 Å². The molecule has 3 N–H and O–H groups in total. The van der Waals surface area contributed by atoms with E-state index in [0.717, 1.165) is 50.8 Å². The molecule has 5 rings (SSSR count). The highest BCUT2D eigenvalue weighted by Gasteiger charge is 2.43. The fourth-order valence-electron chi connectivity index (χ4n) is 5.41. The summed E-state index contributed by atoms with van der Waals surface area (Å²) in [7, 11) is 0. The van der Waals surface area contributed by atoms with Gasteiger partial charge in [-0.15, -0.1) is 10.2 Å². The first-order valence-electron chi connectivity index (χ1n) is 11.9. The van der Waals surface area contributed by atoms with E-state index in [1.807, 2.05) is 25.1 Å². The molecule has 2 aromatic rings. The van der Waals surface area contributed by atoms with Gasteiger partial charge >= 0.3 is 0 Å². The van der Waals surface area contributed by atoms with Crippen molar-refractivity contribution in [3.63, 3.8) is 0 Å². The van der Waals surface area contributed by atoms with Gasteiger partial charge in [-0.2, -0.15) is 0 Å². The maximum absolute atomic E-state index is 6.68. The van der Waals surface area contributed by atoms with E-state index < -0.39 is 5.54 Å². The molecule has 1 aromatic heterocycles. The second kappa shape index (κ2) is 8.49. The molecule has 0 radical (unpaired) electrons. The molecule has 0 bridgehead atoms. The standard InChI is InChI=1S/C26H34N4O2/c1-18-8-9-21-20(17-26(32-22(21)14-18)10-12-28-13-11-26)15-23-29-30-24(31-23)25(2,27)16-19-6-4-3-5-7-19/h3-9,18,20,28H,10-17,27H2,1-2H3/t18?,20?,25-/m1/s1. The highest BCUT2D eigenvalue weighted by molar-refractivity contribution is 5.33. The number of benzene rings is 1. The second-order valence-corrected chi connectivity index (χ2v) is 10.1. The van der Waals surface area contributed by atoms with Gasteiger partial charge < -0.3 is 20.2 Å². The molecule has 1 aromatic carbocycles. The molecule has 32 heavy (non-hydrogen) atoms. The minimum Gasteiger partial charge on any atom is -0.491 e. The van der Waals surface area contributed by atoms with Crippen LogP contribution in [0.2, 0.25) is 0 Å². The molecule has 6 heteroatoms. The van der Waals surface area contributed by atoms with Crippen molar-refractivity contribution >= 4 is 0 Å². The molecule has 1 aliphatic carbocycles. The fraction of sp³-hybridized carbons (Fsp3) is 0.538. The number of rotatable bonds is 5. The Labute approximate surface area is 190 Å². The minimum absolute atomic E-state index is 0.0712. The van der Waals surface area contributed by atoms with E-state index in [9.17, 15) is 0 Å². The normalized spacial score (nSPS) is 26.5. The van der Waals surface area contributed by atoms with Crippen LogP contribution in [0.4, 0.5) is 0 Å². The summed E-state index contributed by atoms with van der Waals surface area (Å²) in [5, 5.41) is 12.2. The average molecular weight is 435 g/mol. The van der Waals surface area contributed by atoms with Crippen molar-refractivity contribution in [3.05, 3.63) is 71.2 Å². The Morgan fingerprint density at radius 3 is 2.75 bits per heavy atom. The van der Waals surface area contributed by atoms with Gasteiger partial charge in [0.2, 0.25) is 11.8 Å². The summed E-state index contributed by atoms with van der Waals surface area (Å²) < 4.78 is 12.8. The Morgan fingerprint density at radius 2 is 1.97 bits per heavy atom. The number of ether oxygens (including phenoxy) is 1. The fourth-order valence-corrected chi connectivity index (χ4v) is 5.41. The summed E-state index contributed by atoms with van der Waals surface area (Å²) in [6.07, 6.45) is 10.0. The molecule has 0 saturated carbocycles. The molecule has 3 aliphatic rings. The van der Waals surface area contributed by atoms with Crippen molar-refractivity contribution in [1.82, 2.24) is 15.5 Å². The number of hydrogen-bond donors (Lipinski definition) is 2. The Hall–Kier alpha value is -2.44. The zero-order valence-electron chi connectivity index (χ0n) is 19.1. The van der Waals surface area contributed by atoms with Gasteiger partial charge in [0.05, 0.1) is 5.54 Å². The summed E-state index contributed by atoms with van der Waals surface area (Å²) in [5.41, 5.74) is 8.30. The Morgan fingerprint density at radius 1 is 1.19 bits per heavy atom. The van der Waals surface area contributed by atoms with Gasteiger partial charge in [0.25, 0.3) is 0 Å². The van der Waals surface area contributed by atoms with E-state index in [2.05, 4.69) is 46.7 Å². The first-order valence-corrected chi connectivity index (χ1v) is 11.9. The van der Waals surface area contributed by atoms with Crippen LogP contribution >= 0.6 is 0 Å². The number of nitrogens with two attached hydrogens (primary N) is 1. The van der Waals surface area contributed by atoms with Gasteiger partial charge in [-0.25, -0.2) is 0 Å². The van der Waals surface area contributed by atoms with Crippen LogP contribution in [0.25, 0.3) is 0 Å². The van der Waals surface area contributed by atoms with Crippen LogP contribution in [-0.4, -0.2) is 28.9 Å². The third-order valence-corrected chi connectivity index (χ3v) is 7.14. The van der Waals surface area contributed by atoms with Crippen molar-refractivity contribution in [3.8, 4) is 0 Å². The van der Waals surface area contributed by atoms with Crippen molar-refractivity contribution < 1.29 is 9.15 Å². The predicted octanol–water partition coefficient (Wildman–Crippen LogP) is 4.04. The maximum Gasteiger partial charge on any atom is 0.236 e. The van der Waals surface area contributed by atoms with Crippen molar-refractivity contribution in [1.29, 1.82) is 0 Å². The van der Waals surface area contributed by atoms with E-state index >= 15 is 0 Å². The molecule has 1 spiro atoms. The van der Waals surface area contributed by atoms with Gasteiger partial charge in [0, 0.05) is 12.8 Å². The van der Waals surface area contributed by atoms with Crippen LogP contribution in [0.1, 0.15) is 56.9 Å². The SMILES string of the molecule is CC1C=CC2=C(C1)OC1(CCNCC1)CC2Cc1nnc([C@](C)(N)Cc2ccccc2)o1. The summed E-state index contributed by atoms with van der Waals surface area (Å²) in [4.78, 5) is 0. The molecule has 170 valence electrons. The zero-order valence-corrected chi connectivity index (χ0v) is 19.1. The lowest BCUT2D eigenvalue weighted by Gasteiger charge is -2.46. The van der Waals surface area contributed by atoms with Crippen LogP contribution in [0.3, 0.4) is 0 Å². The lowest BCUT2D eigenvalue weighted by Crippen LogP contribution is -2.48. The van der Waals surface area contributed by atoms with E-state index in [1.54, 1.807) is 0 Å². The molecule has 3 heterocycles. The molecule has 6 nitrogen and oxygen atoms in total. The molecule has 1 fully saturated rings. The molecular formula is C26H34N4O2. The molecule has 0 amide bonds. The highest BCUT2D eigenvalue weighted by Crippen LogP contribution is 2.45. The summed E-state index contributed by atoms with van der Waals surface area (Å²) in [5.74, 6) is 3.18. The number of hydrogen-bond acceptors (Lipinski definition) is 6. The smallest absolute Gasteiger partial charge is 0.236 e. The van der Waals surface area contributed by atoms with Gasteiger partial charge in [-0.05, 0) is 68.7 Å². The van der Waals surface area contributed by atoms with E-state index in [4.69, 9.17) is 14.9 Å². The first-order chi connectivity index (χ1) is 15.4. The lowest BCUT2D eigenvalue weighted by molar-refractivity contribution is -0.0597. The molecule has 3 atom stereocenters. The second-order valence-electron chi connectivity index (χ2n) is 10.1. The van der Waals surface area contributed by atoms with Crippen molar-refractivity contribution in [2.45, 2.75) is 63.5 Å². The van der Waals surface area contributed by atoms with E-state index in [1.165, 1.54) is 11.3 Å². The monoisotopic (exact) mass is 434 g/mol. The summed E-state index contributed by atoms with van der Waals surface area (Å²) in [6.45, 7) is 6.23. The van der Waals surface area contributed by atoms with E-state index in [-0.39, 0.29) is 5.60 Å². The van der Waals surface area contributed by atoms with Gasteiger partial charge in [0.15, 0.2) is 0 Å². The van der Waals surface area contributed by atoms with E-state index in [0.29, 0.717) is 30.0 Å². The number of aromatic nitrogens is 2. The topological polar surface area (TPSA) is 86.2 Å². The van der Waals surface area contributed by atoms with Gasteiger partial charge in [0.1, 0.15) is 11.4 Å². The maximum atomic E-state index is 6.68. The number of allylic oxidation sites excluding steroid dienone is 4. The lowest BCUT2D eigenvalue weighted by atomic mass is 9.74. The van der Waals surface area contributed by atoms with Crippen LogP contribution in [0.15, 0.2) is 58.2 Å². The Bertz CT molecular complexity index is 1000. The highest BCUT2D eigenvalue weighted by atomic mass is 16.5. The number of piperidine rings is 1. The molecular weight excluding hydrogens is 400 g/mol. The Balaban J connectivity index is 1.36. The molecule has 1 saturated heterocycles. The Kier molecular flexibility index (Phi) is 5.68. The first kappa shape index (κ1) is 21.4. The number of nitrogens with one attached hydrogen (secondary N) is 1. The van der Waals surface area contributed by atoms with Gasteiger partial charge in [-0.3, -0.25) is 0 Å². The van der Waals surface area contributed by atoms with Crippen molar-refractivity contribution in [2.75, 3.05) is 13.1 Å². The predicted molar refractivity (Wildman–Crippen MR) is 124 cm³/mol. The third kappa shape index (κ3) is 4.39. The van der Waals surface area contributed by atoms with Crippen LogP contribution < -0.4 is 11.1 Å². The molecule has 2 unspecified atom stereocenters. The number of nitrogens with zero attached hydrogens (tertiary/aromatic N) is 2. The molecule has 2 aliphatic heterocycles. The summed E-state index contributed by atoms with van der Waals surface area (Å²) >= 11 is 0. The quantitative estimate of drug-likeness (QED) is 0.739. The average Bonchev–Trinajstić information content (AvgIpc) is 3.24. The minimum atomic E-state index is -0.705. The van der Waals surface area contributed by atoms with Crippen molar-refractivity contribution in [2.24, 2.45) is 17.6 Å². The largest absolute Gasteiger partial charge is 0.491 e. The third-order valence-electron chi connectivity index (χ3n) is 7.14.